The van der Waals surface area contributed by atoms with Crippen molar-refractivity contribution in [3.63, 3.8) is 0 Å². The normalized spacial score (nSPS) is 13.8. The highest BCUT2D eigenvalue weighted by molar-refractivity contribution is 5.66. The van der Waals surface area contributed by atoms with Crippen LogP contribution in [0.1, 0.15) is 16.7 Å². The maximum atomic E-state index is 5.32. The van der Waals surface area contributed by atoms with Crippen molar-refractivity contribution in [1.29, 1.82) is 0 Å². The molecule has 2 rings (SSSR count). The molecule has 2 nitrogen and oxygen atoms in total. The van der Waals surface area contributed by atoms with Crippen LogP contribution in [0.4, 0.5) is 5.69 Å². The number of benzene rings is 1. The van der Waals surface area contributed by atoms with E-state index in [0.29, 0.717) is 0 Å². The van der Waals surface area contributed by atoms with Gasteiger partial charge in [0.25, 0.3) is 0 Å². The van der Waals surface area contributed by atoms with Crippen LogP contribution in [0.15, 0.2) is 6.07 Å². The van der Waals surface area contributed by atoms with E-state index in [1.807, 2.05) is 0 Å². The molecule has 1 aliphatic heterocycles. The zero-order valence-corrected chi connectivity index (χ0v) is 8.40. The molecule has 1 N–H and O–H groups in total. The lowest BCUT2D eigenvalue weighted by atomic mass is 10.0. The molecule has 0 atom stereocenters. The highest BCUT2D eigenvalue weighted by Crippen LogP contribution is 2.34. The molecular weight excluding hydrogens is 162 g/mol. The Labute approximate surface area is 78.9 Å². The van der Waals surface area contributed by atoms with Gasteiger partial charge in [-0.05, 0) is 43.0 Å². The molecule has 70 valence electrons. The van der Waals surface area contributed by atoms with Crippen molar-refractivity contribution >= 4 is 5.69 Å². The number of fused-ring (bicyclic) bond motifs is 1. The summed E-state index contributed by atoms with van der Waals surface area (Å²) in [7, 11) is 1.73. The Morgan fingerprint density at radius 3 is 2.85 bits per heavy atom. The lowest BCUT2D eigenvalue weighted by molar-refractivity contribution is 0.411. The van der Waals surface area contributed by atoms with Gasteiger partial charge >= 0.3 is 0 Å². The van der Waals surface area contributed by atoms with Crippen LogP contribution in [0.5, 0.6) is 5.75 Å². The molecule has 1 aliphatic rings. The summed E-state index contributed by atoms with van der Waals surface area (Å²) in [5.41, 5.74) is 5.32. The lowest BCUT2D eigenvalue weighted by Gasteiger charge is -2.12. The average Bonchev–Trinajstić information content (AvgIpc) is 2.60. The van der Waals surface area contributed by atoms with Crippen LogP contribution in [-0.2, 0) is 6.42 Å². The number of hydrogen-bond acceptors (Lipinski definition) is 2. The second kappa shape index (κ2) is 2.95. The maximum absolute atomic E-state index is 5.32. The Balaban J connectivity index is 2.62. The fourth-order valence-corrected chi connectivity index (χ4v) is 2.03. The van der Waals surface area contributed by atoms with Gasteiger partial charge in [0, 0.05) is 12.2 Å². The second-order valence-electron chi connectivity index (χ2n) is 3.55. The van der Waals surface area contributed by atoms with Crippen molar-refractivity contribution in [2.45, 2.75) is 20.3 Å². The summed E-state index contributed by atoms with van der Waals surface area (Å²) in [5.74, 6) is 1.01. The van der Waals surface area contributed by atoms with E-state index in [1.165, 1.54) is 22.4 Å². The minimum atomic E-state index is 1.01. The maximum Gasteiger partial charge on any atom is 0.122 e. The standard InChI is InChI=1S/C11H15NO/c1-7-6-10(13-3)8(2)9-4-5-12-11(7)9/h6,12H,4-5H2,1-3H3. The topological polar surface area (TPSA) is 21.3 Å². The van der Waals surface area contributed by atoms with Gasteiger partial charge in [-0.2, -0.15) is 0 Å². The molecule has 0 bridgehead atoms. The van der Waals surface area contributed by atoms with E-state index < -0.39 is 0 Å². The number of nitrogens with one attached hydrogen (secondary N) is 1. The van der Waals surface area contributed by atoms with Crippen LogP contribution in [-0.4, -0.2) is 13.7 Å². The molecule has 0 unspecified atom stereocenters. The third-order valence-corrected chi connectivity index (χ3v) is 2.76. The van der Waals surface area contributed by atoms with Gasteiger partial charge in [-0.25, -0.2) is 0 Å². The third-order valence-electron chi connectivity index (χ3n) is 2.76. The van der Waals surface area contributed by atoms with Crippen molar-refractivity contribution in [2.75, 3.05) is 19.0 Å². The molecule has 2 heteroatoms. The molecule has 0 radical (unpaired) electrons. The molecule has 0 saturated heterocycles. The van der Waals surface area contributed by atoms with Gasteiger partial charge in [-0.1, -0.05) is 0 Å². The Morgan fingerprint density at radius 2 is 2.15 bits per heavy atom. The first-order valence-electron chi connectivity index (χ1n) is 4.65. The summed E-state index contributed by atoms with van der Waals surface area (Å²) in [6.45, 7) is 5.31. The zero-order valence-electron chi connectivity index (χ0n) is 8.40. The molecule has 0 aromatic heterocycles. The van der Waals surface area contributed by atoms with Crippen LogP contribution in [0.2, 0.25) is 0 Å². The lowest BCUT2D eigenvalue weighted by Crippen LogP contribution is -1.95. The van der Waals surface area contributed by atoms with E-state index >= 15 is 0 Å². The molecule has 0 aliphatic carbocycles. The predicted molar refractivity (Wildman–Crippen MR) is 54.7 cm³/mol. The largest absolute Gasteiger partial charge is 0.496 e. The van der Waals surface area contributed by atoms with Gasteiger partial charge < -0.3 is 10.1 Å². The van der Waals surface area contributed by atoms with Gasteiger partial charge in [-0.15, -0.1) is 0 Å². The number of hydrogen-bond donors (Lipinski definition) is 1. The van der Waals surface area contributed by atoms with Crippen LogP contribution in [0, 0.1) is 13.8 Å². The van der Waals surface area contributed by atoms with E-state index in [2.05, 4.69) is 25.2 Å². The zero-order chi connectivity index (χ0) is 9.42. The number of aryl methyl sites for hydroxylation is 1. The Morgan fingerprint density at radius 1 is 1.38 bits per heavy atom. The van der Waals surface area contributed by atoms with E-state index in [1.54, 1.807) is 7.11 Å². The van der Waals surface area contributed by atoms with E-state index in [0.717, 1.165) is 18.7 Å². The first-order valence-corrected chi connectivity index (χ1v) is 4.65. The van der Waals surface area contributed by atoms with Gasteiger partial charge in [0.1, 0.15) is 5.75 Å². The Hall–Kier alpha value is -1.18. The molecule has 0 fully saturated rings. The smallest absolute Gasteiger partial charge is 0.122 e. The van der Waals surface area contributed by atoms with E-state index in [4.69, 9.17) is 4.74 Å². The minimum absolute atomic E-state index is 1.01. The second-order valence-corrected chi connectivity index (χ2v) is 3.55. The van der Waals surface area contributed by atoms with Crippen molar-refractivity contribution in [2.24, 2.45) is 0 Å². The number of rotatable bonds is 1. The number of anilines is 1. The summed E-state index contributed by atoms with van der Waals surface area (Å²) in [4.78, 5) is 0. The fourth-order valence-electron chi connectivity index (χ4n) is 2.03. The summed E-state index contributed by atoms with van der Waals surface area (Å²) in [6.07, 6.45) is 1.12. The van der Waals surface area contributed by atoms with Crippen molar-refractivity contribution in [1.82, 2.24) is 0 Å². The Kier molecular flexibility index (Phi) is 1.91. The predicted octanol–water partition coefficient (Wildman–Crippen LogP) is 2.28. The van der Waals surface area contributed by atoms with Gasteiger partial charge in [0.2, 0.25) is 0 Å². The molecule has 1 aromatic carbocycles. The van der Waals surface area contributed by atoms with Gasteiger partial charge in [0.15, 0.2) is 0 Å². The van der Waals surface area contributed by atoms with Crippen LogP contribution < -0.4 is 10.1 Å². The number of ether oxygens (including phenoxy) is 1. The Bertz CT molecular complexity index is 344. The minimum Gasteiger partial charge on any atom is -0.496 e. The molecule has 0 spiro atoms. The average molecular weight is 177 g/mol. The first kappa shape index (κ1) is 8.42. The molecule has 1 aromatic rings. The molecule has 0 amide bonds. The SMILES string of the molecule is COc1cc(C)c2c(c1C)CCN2. The quantitative estimate of drug-likeness (QED) is 0.710. The van der Waals surface area contributed by atoms with Crippen molar-refractivity contribution in [3.8, 4) is 5.75 Å². The third kappa shape index (κ3) is 1.17. The molecular formula is C11H15NO. The van der Waals surface area contributed by atoms with Crippen molar-refractivity contribution in [3.05, 3.63) is 22.8 Å². The molecule has 13 heavy (non-hydrogen) atoms. The first-order chi connectivity index (χ1) is 6.24. The summed E-state index contributed by atoms with van der Waals surface area (Å²) >= 11 is 0. The summed E-state index contributed by atoms with van der Waals surface area (Å²) in [5, 5.41) is 3.40. The highest BCUT2D eigenvalue weighted by atomic mass is 16.5. The highest BCUT2D eigenvalue weighted by Gasteiger charge is 2.17. The number of methoxy groups -OCH3 is 1. The molecule has 0 saturated carbocycles. The van der Waals surface area contributed by atoms with Crippen molar-refractivity contribution < 1.29 is 4.74 Å². The van der Waals surface area contributed by atoms with E-state index in [-0.39, 0.29) is 0 Å². The van der Waals surface area contributed by atoms with E-state index in [9.17, 15) is 0 Å². The van der Waals surface area contributed by atoms with Crippen LogP contribution in [0.3, 0.4) is 0 Å². The summed E-state index contributed by atoms with van der Waals surface area (Å²) in [6, 6.07) is 2.10. The molecule has 1 heterocycles. The monoisotopic (exact) mass is 177 g/mol. The fraction of sp³-hybridized carbons (Fsp3) is 0.455. The van der Waals surface area contributed by atoms with Gasteiger partial charge in [0.05, 0.1) is 7.11 Å². The van der Waals surface area contributed by atoms with Gasteiger partial charge in [-0.3, -0.25) is 0 Å². The summed E-state index contributed by atoms with van der Waals surface area (Å²) < 4.78 is 5.32. The van der Waals surface area contributed by atoms with Crippen LogP contribution in [0.25, 0.3) is 0 Å². The van der Waals surface area contributed by atoms with Crippen LogP contribution >= 0.6 is 0 Å².